The molecule has 2 aromatic carbocycles. The minimum absolute atomic E-state index is 0.0372. The summed E-state index contributed by atoms with van der Waals surface area (Å²) in [5.41, 5.74) is 4.41. The van der Waals surface area contributed by atoms with E-state index in [2.05, 4.69) is 15.2 Å². The first kappa shape index (κ1) is 34.3. The quantitative estimate of drug-likeness (QED) is 0.185. The van der Waals surface area contributed by atoms with Gasteiger partial charge in [-0.1, -0.05) is 55.3 Å². The van der Waals surface area contributed by atoms with Gasteiger partial charge in [0.25, 0.3) is 0 Å². The number of halogens is 1. The molecule has 0 bridgehead atoms. The molecule has 1 saturated heterocycles. The van der Waals surface area contributed by atoms with Gasteiger partial charge < -0.3 is 14.8 Å². The highest BCUT2D eigenvalue weighted by Gasteiger charge is 2.34. The molecule has 0 spiro atoms. The van der Waals surface area contributed by atoms with Crippen LogP contribution in [0.2, 0.25) is 5.15 Å². The number of rotatable bonds is 12. The fraction of sp³-hybridized carbons (Fsp3) is 0.486. The molecule has 1 fully saturated rings. The van der Waals surface area contributed by atoms with Crippen molar-refractivity contribution in [3.63, 3.8) is 0 Å². The molecule has 2 aliphatic heterocycles. The number of hydrazone groups is 1. The molecule has 10 heteroatoms. The van der Waals surface area contributed by atoms with Crippen LogP contribution in [0.5, 0.6) is 5.75 Å². The van der Waals surface area contributed by atoms with E-state index >= 15 is 0 Å². The minimum Gasteiger partial charge on any atom is -0.494 e. The number of nitrogens with zero attached hydrogens (tertiary/aromatic N) is 4. The number of aryl methyl sites for hydroxylation is 1. The number of benzene rings is 2. The van der Waals surface area contributed by atoms with Gasteiger partial charge in [-0.3, -0.25) is 14.5 Å². The van der Waals surface area contributed by atoms with E-state index in [0.717, 1.165) is 78.3 Å². The summed E-state index contributed by atoms with van der Waals surface area (Å²) >= 11 is 6.75. The SMILES string of the molecule is CC.CCOc1ccc2cc(C3CC(c4ccc(C)cc4)=NN3C(=O)CCCC(=O)NCCCN3CCOCC3)c(Cl)nc2c1. The van der Waals surface area contributed by atoms with Crippen LogP contribution in [-0.4, -0.2) is 78.4 Å². The van der Waals surface area contributed by atoms with Crippen LogP contribution in [0, 0.1) is 6.92 Å². The van der Waals surface area contributed by atoms with Crippen LogP contribution in [-0.2, 0) is 14.3 Å². The lowest BCUT2D eigenvalue weighted by Gasteiger charge is -2.26. The Morgan fingerprint density at radius 2 is 1.80 bits per heavy atom. The summed E-state index contributed by atoms with van der Waals surface area (Å²) in [5, 5.41) is 10.6. The topological polar surface area (TPSA) is 96.4 Å². The third kappa shape index (κ3) is 9.48. The molecule has 45 heavy (non-hydrogen) atoms. The molecule has 3 aromatic rings. The average molecular weight is 636 g/mol. The van der Waals surface area contributed by atoms with Crippen molar-refractivity contribution in [1.29, 1.82) is 0 Å². The normalized spacial score (nSPS) is 16.6. The molecule has 1 aromatic heterocycles. The Bertz CT molecular complexity index is 1460. The van der Waals surface area contributed by atoms with Gasteiger partial charge in [0.1, 0.15) is 10.9 Å². The lowest BCUT2D eigenvalue weighted by atomic mass is 9.97. The van der Waals surface area contributed by atoms with E-state index in [1.165, 1.54) is 0 Å². The Hall–Kier alpha value is -3.53. The minimum atomic E-state index is -0.395. The zero-order valence-electron chi connectivity index (χ0n) is 27.0. The molecule has 1 unspecified atom stereocenters. The maximum atomic E-state index is 13.6. The lowest BCUT2D eigenvalue weighted by Crippen LogP contribution is -2.38. The Kier molecular flexibility index (Phi) is 13.2. The van der Waals surface area contributed by atoms with Crippen LogP contribution in [0.4, 0.5) is 0 Å². The van der Waals surface area contributed by atoms with Crippen LogP contribution in [0.1, 0.15) is 75.6 Å². The zero-order chi connectivity index (χ0) is 32.2. The van der Waals surface area contributed by atoms with Gasteiger partial charge in [0.2, 0.25) is 11.8 Å². The van der Waals surface area contributed by atoms with Gasteiger partial charge in [-0.2, -0.15) is 5.10 Å². The molecule has 3 heterocycles. The maximum Gasteiger partial charge on any atom is 0.243 e. The second-order valence-electron chi connectivity index (χ2n) is 11.0. The Morgan fingerprint density at radius 1 is 1.04 bits per heavy atom. The van der Waals surface area contributed by atoms with Crippen LogP contribution in [0.3, 0.4) is 0 Å². The molecule has 242 valence electrons. The number of nitrogens with one attached hydrogen (secondary N) is 1. The first-order valence-corrected chi connectivity index (χ1v) is 16.6. The summed E-state index contributed by atoms with van der Waals surface area (Å²) in [7, 11) is 0. The lowest BCUT2D eigenvalue weighted by molar-refractivity contribution is -0.133. The first-order valence-electron chi connectivity index (χ1n) is 16.2. The van der Waals surface area contributed by atoms with Crippen LogP contribution in [0.25, 0.3) is 10.9 Å². The molecule has 5 rings (SSSR count). The second kappa shape index (κ2) is 17.2. The van der Waals surface area contributed by atoms with Crippen LogP contribution < -0.4 is 10.1 Å². The van der Waals surface area contributed by atoms with E-state index < -0.39 is 6.04 Å². The molecule has 2 amide bonds. The summed E-state index contributed by atoms with van der Waals surface area (Å²) in [6.07, 6.45) is 2.35. The van der Waals surface area contributed by atoms with Gasteiger partial charge in [0, 0.05) is 55.9 Å². The fourth-order valence-electron chi connectivity index (χ4n) is 5.49. The molecular weight excluding hydrogens is 590 g/mol. The monoisotopic (exact) mass is 635 g/mol. The van der Waals surface area contributed by atoms with Gasteiger partial charge in [-0.05, 0) is 57.0 Å². The van der Waals surface area contributed by atoms with E-state index in [1.54, 1.807) is 5.01 Å². The number of carbonyl (C=O) groups is 2. The van der Waals surface area contributed by atoms with E-state index in [-0.39, 0.29) is 24.7 Å². The highest BCUT2D eigenvalue weighted by atomic mass is 35.5. The van der Waals surface area contributed by atoms with E-state index in [0.29, 0.717) is 31.1 Å². The molecule has 0 aliphatic carbocycles. The number of morpholine rings is 1. The van der Waals surface area contributed by atoms with Crippen molar-refractivity contribution < 1.29 is 19.1 Å². The highest BCUT2D eigenvalue weighted by Crippen LogP contribution is 2.38. The number of amides is 2. The van der Waals surface area contributed by atoms with E-state index in [9.17, 15) is 9.59 Å². The Morgan fingerprint density at radius 3 is 2.53 bits per heavy atom. The molecule has 9 nitrogen and oxygen atoms in total. The van der Waals surface area contributed by atoms with Crippen molar-refractivity contribution in [3.8, 4) is 5.75 Å². The molecule has 0 saturated carbocycles. The third-order valence-corrected chi connectivity index (χ3v) is 8.16. The summed E-state index contributed by atoms with van der Waals surface area (Å²) in [6.45, 7) is 13.5. The Balaban J connectivity index is 0.00000226. The van der Waals surface area contributed by atoms with E-state index in [4.69, 9.17) is 26.2 Å². The number of hydrogen-bond donors (Lipinski definition) is 1. The summed E-state index contributed by atoms with van der Waals surface area (Å²) in [4.78, 5) is 33.0. The predicted octanol–water partition coefficient (Wildman–Crippen LogP) is 6.31. The molecule has 1 N–H and O–H groups in total. The zero-order valence-corrected chi connectivity index (χ0v) is 27.7. The van der Waals surface area contributed by atoms with Crippen molar-refractivity contribution in [2.75, 3.05) is 46.0 Å². The van der Waals surface area contributed by atoms with Crippen molar-refractivity contribution in [2.45, 2.75) is 65.8 Å². The third-order valence-electron chi connectivity index (χ3n) is 7.86. The largest absolute Gasteiger partial charge is 0.494 e. The van der Waals surface area contributed by atoms with Gasteiger partial charge in [-0.15, -0.1) is 0 Å². The first-order chi connectivity index (χ1) is 21.9. The number of carbonyl (C=O) groups excluding carboxylic acids is 2. The molecule has 1 atom stereocenters. The van der Waals surface area contributed by atoms with Gasteiger partial charge in [-0.25, -0.2) is 9.99 Å². The second-order valence-corrected chi connectivity index (χ2v) is 11.4. The van der Waals surface area contributed by atoms with E-state index in [1.807, 2.05) is 76.2 Å². The number of ether oxygens (including phenoxy) is 2. The fourth-order valence-corrected chi connectivity index (χ4v) is 5.76. The smallest absolute Gasteiger partial charge is 0.243 e. The average Bonchev–Trinajstić information content (AvgIpc) is 3.50. The van der Waals surface area contributed by atoms with Crippen molar-refractivity contribution in [1.82, 2.24) is 20.2 Å². The Labute approximate surface area is 271 Å². The number of aromatic nitrogens is 1. The number of fused-ring (bicyclic) bond motifs is 1. The summed E-state index contributed by atoms with van der Waals surface area (Å²) < 4.78 is 11.0. The predicted molar refractivity (Wildman–Crippen MR) is 180 cm³/mol. The highest BCUT2D eigenvalue weighted by molar-refractivity contribution is 6.30. The number of pyridine rings is 1. The summed E-state index contributed by atoms with van der Waals surface area (Å²) in [6, 6.07) is 15.5. The van der Waals surface area contributed by atoms with Crippen molar-refractivity contribution in [2.24, 2.45) is 5.10 Å². The molecule has 0 radical (unpaired) electrons. The van der Waals surface area contributed by atoms with Gasteiger partial charge in [0.15, 0.2) is 0 Å². The maximum absolute atomic E-state index is 13.6. The summed E-state index contributed by atoms with van der Waals surface area (Å²) in [5.74, 6) is 0.551. The molecule has 2 aliphatic rings. The van der Waals surface area contributed by atoms with Gasteiger partial charge in [0.05, 0.1) is 37.1 Å². The standard InChI is InChI=1S/C33H40ClN5O4.C2H6/c1-3-43-26-13-12-25-20-27(33(34)36-28(25)21-26)30-22-29(24-10-8-23(2)9-11-24)37-39(30)32(41)7-4-6-31(40)35-14-5-15-38-16-18-42-19-17-38;1-2/h8-13,20-21,30H,3-7,14-19,22H2,1-2H3,(H,35,40);1-2H3. The van der Waals surface area contributed by atoms with Crippen molar-refractivity contribution >= 4 is 40.0 Å². The molecular formula is C35H46ClN5O4. The van der Waals surface area contributed by atoms with Gasteiger partial charge >= 0.3 is 0 Å². The van der Waals surface area contributed by atoms with Crippen LogP contribution >= 0.6 is 11.6 Å². The van der Waals surface area contributed by atoms with Crippen LogP contribution in [0.15, 0.2) is 53.6 Å². The number of hydrogen-bond acceptors (Lipinski definition) is 7. The van der Waals surface area contributed by atoms with Crippen molar-refractivity contribution in [3.05, 3.63) is 70.4 Å².